The molecule has 3 nitrogen and oxygen atoms in total. The number of nitrogens with one attached hydrogen (secondary N) is 1. The van der Waals surface area contributed by atoms with Crippen LogP contribution in [0.1, 0.15) is 17.2 Å². The number of rotatable bonds is 5. The second-order valence-corrected chi connectivity index (χ2v) is 6.63. The van der Waals surface area contributed by atoms with Gasteiger partial charge in [0.15, 0.2) is 0 Å². The highest BCUT2D eigenvalue weighted by Gasteiger charge is 2.17. The summed E-state index contributed by atoms with van der Waals surface area (Å²) in [6.45, 7) is 0. The maximum Gasteiger partial charge on any atom is 0.122 e. The van der Waals surface area contributed by atoms with Gasteiger partial charge < -0.3 is 14.8 Å². The molecule has 0 saturated heterocycles. The number of benzene rings is 2. The molecule has 5 heteroatoms. The number of hydrogen-bond donors (Lipinski definition) is 1. The normalized spacial score (nSPS) is 12.0. The summed E-state index contributed by atoms with van der Waals surface area (Å²) in [6.07, 6.45) is 0. The van der Waals surface area contributed by atoms with Crippen LogP contribution in [0.25, 0.3) is 0 Å². The van der Waals surface area contributed by atoms with Gasteiger partial charge in [-0.1, -0.05) is 15.9 Å². The molecule has 0 aliphatic carbocycles. The monoisotopic (exact) mass is 461 g/mol. The molecule has 2 aromatic rings. The Hall–Kier alpha value is -0.790. The van der Waals surface area contributed by atoms with Gasteiger partial charge in [0.25, 0.3) is 0 Å². The molecule has 1 atom stereocenters. The summed E-state index contributed by atoms with van der Waals surface area (Å²) in [6, 6.07) is 12.3. The van der Waals surface area contributed by atoms with Crippen LogP contribution in [0.15, 0.2) is 40.9 Å². The summed E-state index contributed by atoms with van der Waals surface area (Å²) in [5, 5.41) is 3.36. The summed E-state index contributed by atoms with van der Waals surface area (Å²) in [5.74, 6) is 1.57. The van der Waals surface area contributed by atoms with Gasteiger partial charge in [0, 0.05) is 14.1 Å². The van der Waals surface area contributed by atoms with E-state index in [1.807, 2.05) is 25.2 Å². The summed E-state index contributed by atoms with van der Waals surface area (Å²) in [4.78, 5) is 0. The first-order valence-corrected chi connectivity index (χ1v) is 8.31. The molecule has 0 aliphatic rings. The van der Waals surface area contributed by atoms with Gasteiger partial charge in [0.2, 0.25) is 0 Å². The molecule has 0 heterocycles. The second-order valence-electron chi connectivity index (χ2n) is 4.53. The van der Waals surface area contributed by atoms with Crippen molar-refractivity contribution >= 4 is 38.5 Å². The summed E-state index contributed by atoms with van der Waals surface area (Å²) in [7, 11) is 5.27. The average Bonchev–Trinajstić information content (AvgIpc) is 2.51. The Balaban J connectivity index is 2.52. The zero-order chi connectivity index (χ0) is 15.4. The van der Waals surface area contributed by atoms with Gasteiger partial charge in [-0.15, -0.1) is 0 Å². The van der Waals surface area contributed by atoms with Crippen molar-refractivity contribution in [1.29, 1.82) is 0 Å². The van der Waals surface area contributed by atoms with Gasteiger partial charge in [-0.2, -0.15) is 0 Å². The zero-order valence-electron chi connectivity index (χ0n) is 12.1. The topological polar surface area (TPSA) is 30.5 Å². The van der Waals surface area contributed by atoms with E-state index in [1.165, 1.54) is 9.13 Å². The minimum absolute atomic E-state index is 0.0538. The van der Waals surface area contributed by atoms with Gasteiger partial charge in [-0.05, 0) is 71.1 Å². The van der Waals surface area contributed by atoms with Gasteiger partial charge in [-0.3, -0.25) is 0 Å². The molecule has 1 unspecified atom stereocenters. The Morgan fingerprint density at radius 1 is 1.05 bits per heavy atom. The highest BCUT2D eigenvalue weighted by molar-refractivity contribution is 14.1. The van der Waals surface area contributed by atoms with Gasteiger partial charge >= 0.3 is 0 Å². The van der Waals surface area contributed by atoms with E-state index in [9.17, 15) is 0 Å². The first-order chi connectivity index (χ1) is 10.1. The highest BCUT2D eigenvalue weighted by Crippen LogP contribution is 2.33. The van der Waals surface area contributed by atoms with Crippen LogP contribution < -0.4 is 14.8 Å². The lowest BCUT2D eigenvalue weighted by molar-refractivity contribution is 0.392. The highest BCUT2D eigenvalue weighted by atomic mass is 127. The maximum atomic E-state index is 5.36. The van der Waals surface area contributed by atoms with Crippen LogP contribution in [0.5, 0.6) is 11.5 Å². The molecule has 0 aromatic heterocycles. The van der Waals surface area contributed by atoms with Crippen molar-refractivity contribution < 1.29 is 9.47 Å². The van der Waals surface area contributed by atoms with Crippen molar-refractivity contribution in [3.05, 3.63) is 55.6 Å². The molecule has 2 aromatic carbocycles. The van der Waals surface area contributed by atoms with E-state index in [1.54, 1.807) is 14.2 Å². The second kappa shape index (κ2) is 7.47. The molecule has 0 bridgehead atoms. The van der Waals surface area contributed by atoms with Gasteiger partial charge in [0.05, 0.1) is 20.3 Å². The quantitative estimate of drug-likeness (QED) is 0.670. The van der Waals surface area contributed by atoms with E-state index in [0.717, 1.165) is 21.5 Å². The van der Waals surface area contributed by atoms with Crippen LogP contribution in [0, 0.1) is 3.57 Å². The number of hydrogen-bond acceptors (Lipinski definition) is 3. The van der Waals surface area contributed by atoms with Crippen molar-refractivity contribution in [2.75, 3.05) is 21.3 Å². The molecule has 112 valence electrons. The fourth-order valence-electron chi connectivity index (χ4n) is 2.23. The van der Waals surface area contributed by atoms with Crippen molar-refractivity contribution in [3.63, 3.8) is 0 Å². The van der Waals surface area contributed by atoms with Crippen molar-refractivity contribution in [2.24, 2.45) is 0 Å². The third kappa shape index (κ3) is 3.90. The Bertz CT molecular complexity index is 611. The third-order valence-electron chi connectivity index (χ3n) is 3.26. The van der Waals surface area contributed by atoms with Crippen LogP contribution in [-0.2, 0) is 0 Å². The number of ether oxygens (including phenoxy) is 2. The average molecular weight is 462 g/mol. The molecule has 0 spiro atoms. The lowest BCUT2D eigenvalue weighted by Gasteiger charge is -2.20. The third-order valence-corrected chi connectivity index (χ3v) is 4.66. The number of methoxy groups -OCH3 is 2. The minimum Gasteiger partial charge on any atom is -0.497 e. The molecule has 1 N–H and O–H groups in total. The zero-order valence-corrected chi connectivity index (χ0v) is 15.9. The van der Waals surface area contributed by atoms with E-state index in [4.69, 9.17) is 9.47 Å². The summed E-state index contributed by atoms with van der Waals surface area (Å²) in [5.41, 5.74) is 2.27. The molecule has 0 amide bonds. The Morgan fingerprint density at radius 2 is 1.67 bits per heavy atom. The molecular weight excluding hydrogens is 445 g/mol. The smallest absolute Gasteiger partial charge is 0.122 e. The van der Waals surface area contributed by atoms with E-state index in [-0.39, 0.29) is 6.04 Å². The largest absolute Gasteiger partial charge is 0.497 e. The lowest BCUT2D eigenvalue weighted by atomic mass is 9.98. The van der Waals surface area contributed by atoms with E-state index in [2.05, 4.69) is 62.0 Å². The lowest BCUT2D eigenvalue weighted by Crippen LogP contribution is -2.18. The predicted octanol–water partition coefficient (Wildman–Crippen LogP) is 4.38. The molecule has 2 rings (SSSR count). The van der Waals surface area contributed by atoms with Crippen molar-refractivity contribution in [1.82, 2.24) is 5.32 Å². The first kappa shape index (κ1) is 16.6. The Morgan fingerprint density at radius 3 is 2.19 bits per heavy atom. The van der Waals surface area contributed by atoms with Crippen molar-refractivity contribution in [2.45, 2.75) is 6.04 Å². The molecule has 0 saturated carbocycles. The van der Waals surface area contributed by atoms with Crippen LogP contribution in [0.3, 0.4) is 0 Å². The molecule has 0 fully saturated rings. The van der Waals surface area contributed by atoms with E-state index < -0.39 is 0 Å². The first-order valence-electron chi connectivity index (χ1n) is 6.44. The summed E-state index contributed by atoms with van der Waals surface area (Å²) < 4.78 is 13.0. The SMILES string of the molecule is CNC(c1cc(OC)cc(OC)c1)c1cc(I)ccc1Br. The summed E-state index contributed by atoms with van der Waals surface area (Å²) >= 11 is 5.96. The molecule has 0 aliphatic heterocycles. The van der Waals surface area contributed by atoms with Crippen LogP contribution >= 0.6 is 38.5 Å². The van der Waals surface area contributed by atoms with Gasteiger partial charge in [0.1, 0.15) is 11.5 Å². The van der Waals surface area contributed by atoms with Crippen molar-refractivity contribution in [3.8, 4) is 11.5 Å². The Labute approximate surface area is 147 Å². The fraction of sp³-hybridized carbons (Fsp3) is 0.250. The fourth-order valence-corrected chi connectivity index (χ4v) is 3.22. The minimum atomic E-state index is 0.0538. The number of halogens is 2. The molecular formula is C16H17BrINO2. The predicted molar refractivity (Wildman–Crippen MR) is 97.3 cm³/mol. The van der Waals surface area contributed by atoms with Gasteiger partial charge in [-0.25, -0.2) is 0 Å². The van der Waals surface area contributed by atoms with E-state index in [0.29, 0.717) is 0 Å². The van der Waals surface area contributed by atoms with Crippen LogP contribution in [0.2, 0.25) is 0 Å². The Kier molecular flexibility index (Phi) is 5.89. The van der Waals surface area contributed by atoms with Crippen LogP contribution in [-0.4, -0.2) is 21.3 Å². The van der Waals surface area contributed by atoms with Crippen LogP contribution in [0.4, 0.5) is 0 Å². The molecule has 0 radical (unpaired) electrons. The van der Waals surface area contributed by atoms with E-state index >= 15 is 0 Å². The molecule has 21 heavy (non-hydrogen) atoms. The standard InChI is InChI=1S/C16H17BrINO2/c1-19-16(14-8-11(18)4-5-15(14)17)10-6-12(20-2)9-13(7-10)21-3/h4-9,16,19H,1-3H3. The maximum absolute atomic E-state index is 5.36.